The van der Waals surface area contributed by atoms with Crippen molar-refractivity contribution in [2.24, 2.45) is 0 Å². The van der Waals surface area contributed by atoms with Gasteiger partial charge in [0.25, 0.3) is 0 Å². The highest BCUT2D eigenvalue weighted by atomic mass is 19.1. The molecule has 0 aliphatic carbocycles. The summed E-state index contributed by atoms with van der Waals surface area (Å²) in [5.41, 5.74) is 4.78. The van der Waals surface area contributed by atoms with Crippen LogP contribution in [0, 0.1) is 29.9 Å². The van der Waals surface area contributed by atoms with E-state index >= 15 is 0 Å². The molecule has 0 saturated heterocycles. The molecule has 0 amide bonds. The molecule has 126 valence electrons. The van der Waals surface area contributed by atoms with E-state index in [0.717, 1.165) is 27.6 Å². The van der Waals surface area contributed by atoms with Gasteiger partial charge in [0.1, 0.15) is 11.6 Å². The highest BCUT2D eigenvalue weighted by molar-refractivity contribution is 5.90. The van der Waals surface area contributed by atoms with Gasteiger partial charge in [-0.25, -0.2) is 8.78 Å². The van der Waals surface area contributed by atoms with Crippen molar-refractivity contribution in [3.63, 3.8) is 0 Å². The van der Waals surface area contributed by atoms with Gasteiger partial charge in [-0.3, -0.25) is 0 Å². The van der Waals surface area contributed by atoms with Crippen molar-refractivity contribution in [2.75, 3.05) is 0 Å². The molecule has 1 aromatic heterocycles. The van der Waals surface area contributed by atoms with Gasteiger partial charge in [-0.05, 0) is 66.1 Å². The van der Waals surface area contributed by atoms with E-state index in [9.17, 15) is 8.78 Å². The number of fused-ring (bicyclic) bond motifs is 1. The third-order valence-electron chi connectivity index (χ3n) is 4.52. The Bertz CT molecular complexity index is 1160. The van der Waals surface area contributed by atoms with E-state index in [2.05, 4.69) is 11.1 Å². The summed E-state index contributed by atoms with van der Waals surface area (Å²) >= 11 is 0. The van der Waals surface area contributed by atoms with Crippen LogP contribution in [0.3, 0.4) is 0 Å². The van der Waals surface area contributed by atoms with Gasteiger partial charge in [0.2, 0.25) is 0 Å². The number of hydrogen-bond donors (Lipinski definition) is 1. The lowest BCUT2D eigenvalue weighted by Gasteiger charge is -2.06. The van der Waals surface area contributed by atoms with Crippen LogP contribution >= 0.6 is 0 Å². The molecule has 4 heteroatoms. The third-order valence-corrected chi connectivity index (χ3v) is 4.52. The van der Waals surface area contributed by atoms with E-state index in [-0.39, 0.29) is 5.56 Å². The van der Waals surface area contributed by atoms with Crippen LogP contribution in [0.1, 0.15) is 11.1 Å². The molecule has 0 aliphatic heterocycles. The maximum absolute atomic E-state index is 14.0. The van der Waals surface area contributed by atoms with Crippen molar-refractivity contribution in [3.8, 4) is 28.5 Å². The van der Waals surface area contributed by atoms with E-state index in [1.165, 1.54) is 18.2 Å². The molecule has 26 heavy (non-hydrogen) atoms. The Kier molecular flexibility index (Phi) is 3.78. The standard InChI is InChI=1S/C22H14F2N2/c1-13-9-14(12-25)5-7-17(13)15-6-8-20-16(10-15)11-21(26-20)22-18(23)3-2-4-19(22)24/h2-11,26H,1H3. The number of halogens is 2. The second-order valence-corrected chi connectivity index (χ2v) is 6.22. The smallest absolute Gasteiger partial charge is 0.135 e. The van der Waals surface area contributed by atoms with Gasteiger partial charge in [0, 0.05) is 10.9 Å². The molecule has 0 saturated carbocycles. The first kappa shape index (κ1) is 16.0. The maximum Gasteiger partial charge on any atom is 0.135 e. The Balaban J connectivity index is 1.83. The molecule has 0 fully saturated rings. The van der Waals surface area contributed by atoms with Crippen molar-refractivity contribution >= 4 is 10.9 Å². The van der Waals surface area contributed by atoms with Crippen LogP contribution in [0.2, 0.25) is 0 Å². The molecule has 4 rings (SSSR count). The monoisotopic (exact) mass is 344 g/mol. The zero-order valence-electron chi connectivity index (χ0n) is 14.0. The predicted octanol–water partition coefficient (Wildman–Crippen LogP) is 5.96. The minimum atomic E-state index is -0.597. The van der Waals surface area contributed by atoms with Crippen LogP contribution in [0.5, 0.6) is 0 Å². The summed E-state index contributed by atoms with van der Waals surface area (Å²) in [6, 6.07) is 19.1. The fourth-order valence-corrected chi connectivity index (χ4v) is 3.25. The summed E-state index contributed by atoms with van der Waals surface area (Å²) in [4.78, 5) is 3.08. The SMILES string of the molecule is Cc1cc(C#N)ccc1-c1ccc2[nH]c(-c3c(F)cccc3F)cc2c1. The summed E-state index contributed by atoms with van der Waals surface area (Å²) in [6.07, 6.45) is 0. The van der Waals surface area contributed by atoms with Crippen LogP contribution in [-0.2, 0) is 0 Å². The fraction of sp³-hybridized carbons (Fsp3) is 0.0455. The molecule has 2 nitrogen and oxygen atoms in total. The number of nitriles is 1. The zero-order chi connectivity index (χ0) is 18.3. The quantitative estimate of drug-likeness (QED) is 0.479. The minimum Gasteiger partial charge on any atom is -0.354 e. The second kappa shape index (κ2) is 6.12. The number of nitrogens with one attached hydrogen (secondary N) is 1. The van der Waals surface area contributed by atoms with Crippen LogP contribution < -0.4 is 0 Å². The van der Waals surface area contributed by atoms with E-state index in [0.29, 0.717) is 11.3 Å². The largest absolute Gasteiger partial charge is 0.354 e. The number of rotatable bonds is 2. The fourth-order valence-electron chi connectivity index (χ4n) is 3.25. The zero-order valence-corrected chi connectivity index (χ0v) is 14.0. The van der Waals surface area contributed by atoms with Gasteiger partial charge in [-0.15, -0.1) is 0 Å². The first-order chi connectivity index (χ1) is 12.6. The van der Waals surface area contributed by atoms with Gasteiger partial charge in [0.15, 0.2) is 0 Å². The van der Waals surface area contributed by atoms with Crippen molar-refractivity contribution in [1.82, 2.24) is 4.98 Å². The van der Waals surface area contributed by atoms with Crippen molar-refractivity contribution in [2.45, 2.75) is 6.92 Å². The highest BCUT2D eigenvalue weighted by Gasteiger charge is 2.14. The predicted molar refractivity (Wildman–Crippen MR) is 98.5 cm³/mol. The highest BCUT2D eigenvalue weighted by Crippen LogP contribution is 2.32. The lowest BCUT2D eigenvalue weighted by molar-refractivity contribution is 0.589. The number of aromatic amines is 1. The lowest BCUT2D eigenvalue weighted by Crippen LogP contribution is -1.89. The number of aromatic nitrogens is 1. The summed E-state index contributed by atoms with van der Waals surface area (Å²) in [5, 5.41) is 9.87. The molecule has 1 N–H and O–H groups in total. The summed E-state index contributed by atoms with van der Waals surface area (Å²) in [6.45, 7) is 1.96. The summed E-state index contributed by atoms with van der Waals surface area (Å²) in [5.74, 6) is -1.19. The second-order valence-electron chi connectivity index (χ2n) is 6.22. The van der Waals surface area contributed by atoms with E-state index in [4.69, 9.17) is 5.26 Å². The Morgan fingerprint density at radius 3 is 2.38 bits per heavy atom. The molecule has 0 spiro atoms. The number of hydrogen-bond acceptors (Lipinski definition) is 1. The average Bonchev–Trinajstić information content (AvgIpc) is 3.04. The molecule has 0 bridgehead atoms. The van der Waals surface area contributed by atoms with Crippen LogP contribution in [0.4, 0.5) is 8.78 Å². The van der Waals surface area contributed by atoms with Gasteiger partial charge >= 0.3 is 0 Å². The van der Waals surface area contributed by atoms with Gasteiger partial charge in [0.05, 0.1) is 22.9 Å². The van der Waals surface area contributed by atoms with Gasteiger partial charge < -0.3 is 4.98 Å². The van der Waals surface area contributed by atoms with Crippen molar-refractivity contribution < 1.29 is 8.78 Å². The topological polar surface area (TPSA) is 39.6 Å². The van der Waals surface area contributed by atoms with E-state index < -0.39 is 11.6 Å². The Labute approximate surface area is 149 Å². The summed E-state index contributed by atoms with van der Waals surface area (Å²) in [7, 11) is 0. The van der Waals surface area contributed by atoms with E-state index in [1.807, 2.05) is 37.3 Å². The normalized spacial score (nSPS) is 10.8. The van der Waals surface area contributed by atoms with Crippen molar-refractivity contribution in [3.05, 3.63) is 83.4 Å². The summed E-state index contributed by atoms with van der Waals surface area (Å²) < 4.78 is 28.1. The number of nitrogens with zero attached hydrogens (tertiary/aromatic N) is 1. The van der Waals surface area contributed by atoms with E-state index in [1.54, 1.807) is 12.1 Å². The molecule has 0 radical (unpaired) electrons. The van der Waals surface area contributed by atoms with Crippen molar-refractivity contribution in [1.29, 1.82) is 5.26 Å². The average molecular weight is 344 g/mol. The molecule has 1 heterocycles. The third kappa shape index (κ3) is 2.64. The van der Waals surface area contributed by atoms with Gasteiger partial charge in [-0.1, -0.05) is 18.2 Å². The molecule has 0 aliphatic rings. The first-order valence-corrected chi connectivity index (χ1v) is 8.15. The molecule has 4 aromatic rings. The Hall–Kier alpha value is -3.45. The van der Waals surface area contributed by atoms with Crippen LogP contribution in [0.15, 0.2) is 60.7 Å². The lowest BCUT2D eigenvalue weighted by atomic mass is 9.98. The molecule has 3 aromatic carbocycles. The van der Waals surface area contributed by atoms with Gasteiger partial charge in [-0.2, -0.15) is 5.26 Å². The number of H-pyrrole nitrogens is 1. The molecule has 0 unspecified atom stereocenters. The van der Waals surface area contributed by atoms with Crippen LogP contribution in [-0.4, -0.2) is 4.98 Å². The van der Waals surface area contributed by atoms with Crippen LogP contribution in [0.25, 0.3) is 33.3 Å². The molecular formula is C22H14F2N2. The maximum atomic E-state index is 14.0. The number of aryl methyl sites for hydroxylation is 1. The minimum absolute atomic E-state index is 0.0557. The number of benzene rings is 3. The Morgan fingerprint density at radius 1 is 0.923 bits per heavy atom. The molecule has 0 atom stereocenters. The molecular weight excluding hydrogens is 330 g/mol. The first-order valence-electron chi connectivity index (χ1n) is 8.15. The Morgan fingerprint density at radius 2 is 1.69 bits per heavy atom.